The van der Waals surface area contributed by atoms with Gasteiger partial charge in [0.05, 0.1) is 31.0 Å². The monoisotopic (exact) mass is 365 g/mol. The third-order valence-electron chi connectivity index (χ3n) is 4.65. The Balaban J connectivity index is 2.75. The smallest absolute Gasteiger partial charge is 0.220 e. The first-order chi connectivity index (χ1) is 11.8. The van der Waals surface area contributed by atoms with E-state index < -0.39 is 55.4 Å². The molecule has 9 nitrogen and oxygen atoms in total. The van der Waals surface area contributed by atoms with Gasteiger partial charge in [0.1, 0.15) is 24.4 Å². The average molecular weight is 365 g/mol. The summed E-state index contributed by atoms with van der Waals surface area (Å²) in [6.07, 6.45) is -7.52. The standard InChI is InChI=1S/C16H31NO8/c1-3-9(19)13(21)8(17-12(20)4-2)5-6-10-14(22)16(24)15(23)11(7-18)25-10/h8-11,13-16,18-19,21-24H,3-7H2,1-2H3,(H,17,20). The molecule has 8 atom stereocenters. The van der Waals surface area contributed by atoms with Gasteiger partial charge < -0.3 is 40.7 Å². The van der Waals surface area contributed by atoms with Crippen molar-refractivity contribution in [2.45, 2.75) is 88.3 Å². The second-order valence-corrected chi connectivity index (χ2v) is 6.44. The maximum Gasteiger partial charge on any atom is 0.220 e. The Hall–Kier alpha value is -0.810. The molecule has 9 heteroatoms. The fraction of sp³-hybridized carbons (Fsp3) is 0.938. The van der Waals surface area contributed by atoms with Crippen molar-refractivity contribution in [1.29, 1.82) is 0 Å². The SMILES string of the molecule is CCC(=O)NC(CCC1OC(CO)C(O)C(O)C1O)C(O)C(O)CC. The number of aliphatic hydroxyl groups is 6. The second-order valence-electron chi connectivity index (χ2n) is 6.44. The third kappa shape index (κ3) is 5.85. The molecule has 0 aromatic heterocycles. The highest BCUT2D eigenvalue weighted by Gasteiger charge is 2.43. The summed E-state index contributed by atoms with van der Waals surface area (Å²) in [6, 6.07) is -0.755. The molecule has 0 radical (unpaired) electrons. The van der Waals surface area contributed by atoms with Crippen LogP contribution in [0.2, 0.25) is 0 Å². The van der Waals surface area contributed by atoms with E-state index in [1.807, 2.05) is 0 Å². The van der Waals surface area contributed by atoms with E-state index in [4.69, 9.17) is 4.74 Å². The van der Waals surface area contributed by atoms with Gasteiger partial charge in [-0.3, -0.25) is 4.79 Å². The quantitative estimate of drug-likeness (QED) is 0.239. The van der Waals surface area contributed by atoms with E-state index >= 15 is 0 Å². The van der Waals surface area contributed by atoms with E-state index in [1.165, 1.54) is 0 Å². The van der Waals surface area contributed by atoms with Crippen molar-refractivity contribution >= 4 is 5.91 Å². The van der Waals surface area contributed by atoms with Crippen molar-refractivity contribution in [2.75, 3.05) is 6.61 Å². The maximum absolute atomic E-state index is 11.7. The Bertz CT molecular complexity index is 408. The van der Waals surface area contributed by atoms with Crippen LogP contribution in [0.15, 0.2) is 0 Å². The maximum atomic E-state index is 11.7. The molecule has 0 aromatic rings. The lowest BCUT2D eigenvalue weighted by molar-refractivity contribution is -0.231. The van der Waals surface area contributed by atoms with Crippen LogP contribution >= 0.6 is 0 Å². The van der Waals surface area contributed by atoms with E-state index in [2.05, 4.69) is 5.32 Å². The molecule has 1 heterocycles. The van der Waals surface area contributed by atoms with Gasteiger partial charge in [-0.25, -0.2) is 0 Å². The summed E-state index contributed by atoms with van der Waals surface area (Å²) >= 11 is 0. The number of carbonyl (C=O) groups is 1. The van der Waals surface area contributed by atoms with Crippen LogP contribution in [0, 0.1) is 0 Å². The Morgan fingerprint density at radius 3 is 2.20 bits per heavy atom. The predicted octanol–water partition coefficient (Wildman–Crippen LogP) is -2.36. The van der Waals surface area contributed by atoms with Gasteiger partial charge in [0.2, 0.25) is 5.91 Å². The average Bonchev–Trinajstić information content (AvgIpc) is 2.62. The molecule has 1 aliphatic rings. The van der Waals surface area contributed by atoms with Gasteiger partial charge in [-0.2, -0.15) is 0 Å². The molecule has 1 saturated heterocycles. The van der Waals surface area contributed by atoms with Crippen molar-refractivity contribution in [1.82, 2.24) is 5.32 Å². The number of rotatable bonds is 9. The summed E-state index contributed by atoms with van der Waals surface area (Å²) in [5.41, 5.74) is 0. The number of hydrogen-bond donors (Lipinski definition) is 7. The van der Waals surface area contributed by atoms with Gasteiger partial charge in [-0.05, 0) is 19.3 Å². The lowest BCUT2D eigenvalue weighted by atomic mass is 9.90. The van der Waals surface area contributed by atoms with Crippen LogP contribution in [0.3, 0.4) is 0 Å². The number of aliphatic hydroxyl groups excluding tert-OH is 6. The van der Waals surface area contributed by atoms with Gasteiger partial charge in [0.15, 0.2) is 0 Å². The number of nitrogens with one attached hydrogen (secondary N) is 1. The van der Waals surface area contributed by atoms with Crippen LogP contribution in [0.4, 0.5) is 0 Å². The number of carbonyl (C=O) groups excluding carboxylic acids is 1. The van der Waals surface area contributed by atoms with Gasteiger partial charge in [0, 0.05) is 6.42 Å². The molecular weight excluding hydrogens is 334 g/mol. The molecule has 0 saturated carbocycles. The van der Waals surface area contributed by atoms with Crippen LogP contribution in [-0.4, -0.2) is 91.9 Å². The molecule has 1 rings (SSSR count). The fourth-order valence-corrected chi connectivity index (χ4v) is 2.91. The highest BCUT2D eigenvalue weighted by atomic mass is 16.5. The molecule has 0 aromatic carbocycles. The first kappa shape index (κ1) is 22.2. The predicted molar refractivity (Wildman–Crippen MR) is 87.5 cm³/mol. The third-order valence-corrected chi connectivity index (χ3v) is 4.65. The minimum atomic E-state index is -1.47. The van der Waals surface area contributed by atoms with E-state index in [0.29, 0.717) is 6.42 Å². The van der Waals surface area contributed by atoms with E-state index in [1.54, 1.807) is 13.8 Å². The molecule has 0 spiro atoms. The Morgan fingerprint density at radius 2 is 1.68 bits per heavy atom. The van der Waals surface area contributed by atoms with Gasteiger partial charge in [-0.15, -0.1) is 0 Å². The summed E-state index contributed by atoms with van der Waals surface area (Å²) in [5.74, 6) is -0.291. The van der Waals surface area contributed by atoms with Gasteiger partial charge in [-0.1, -0.05) is 13.8 Å². The molecule has 1 amide bonds. The Morgan fingerprint density at radius 1 is 1.08 bits per heavy atom. The summed E-state index contributed by atoms with van der Waals surface area (Å²) < 4.78 is 5.41. The molecule has 1 fully saturated rings. The van der Waals surface area contributed by atoms with Crippen molar-refractivity contribution in [3.8, 4) is 0 Å². The van der Waals surface area contributed by atoms with E-state index in [9.17, 15) is 35.4 Å². The van der Waals surface area contributed by atoms with Crippen LogP contribution in [0.5, 0.6) is 0 Å². The van der Waals surface area contributed by atoms with Gasteiger partial charge >= 0.3 is 0 Å². The van der Waals surface area contributed by atoms with E-state index in [-0.39, 0.29) is 25.2 Å². The van der Waals surface area contributed by atoms with Crippen LogP contribution < -0.4 is 5.32 Å². The first-order valence-electron chi connectivity index (χ1n) is 8.72. The molecular formula is C16H31NO8. The number of ether oxygens (including phenoxy) is 1. The second kappa shape index (κ2) is 10.4. The first-order valence-corrected chi connectivity index (χ1v) is 8.72. The normalized spacial score (nSPS) is 33.5. The molecule has 0 bridgehead atoms. The largest absolute Gasteiger partial charge is 0.394 e. The van der Waals surface area contributed by atoms with Crippen molar-refractivity contribution in [3.63, 3.8) is 0 Å². The topological polar surface area (TPSA) is 160 Å². The van der Waals surface area contributed by atoms with Crippen LogP contribution in [-0.2, 0) is 9.53 Å². The Labute approximate surface area is 147 Å². The zero-order valence-electron chi connectivity index (χ0n) is 14.7. The highest BCUT2D eigenvalue weighted by Crippen LogP contribution is 2.25. The molecule has 25 heavy (non-hydrogen) atoms. The zero-order valence-corrected chi connectivity index (χ0v) is 14.7. The lowest BCUT2D eigenvalue weighted by Crippen LogP contribution is -2.59. The lowest BCUT2D eigenvalue weighted by Gasteiger charge is -2.40. The minimum absolute atomic E-state index is 0.142. The summed E-state index contributed by atoms with van der Waals surface area (Å²) in [7, 11) is 0. The molecule has 1 aliphatic heterocycles. The summed E-state index contributed by atoms with van der Waals surface area (Å²) in [6.45, 7) is 2.84. The molecule has 0 aliphatic carbocycles. The number of amides is 1. The fourth-order valence-electron chi connectivity index (χ4n) is 2.91. The molecule has 8 unspecified atom stereocenters. The van der Waals surface area contributed by atoms with Crippen molar-refractivity contribution in [2.24, 2.45) is 0 Å². The van der Waals surface area contributed by atoms with Crippen molar-refractivity contribution < 1.29 is 40.2 Å². The minimum Gasteiger partial charge on any atom is -0.394 e. The molecule has 7 N–H and O–H groups in total. The van der Waals surface area contributed by atoms with Crippen LogP contribution in [0.1, 0.15) is 39.5 Å². The van der Waals surface area contributed by atoms with Crippen molar-refractivity contribution in [3.05, 3.63) is 0 Å². The summed E-state index contributed by atoms with van der Waals surface area (Å²) in [4.78, 5) is 11.7. The van der Waals surface area contributed by atoms with E-state index in [0.717, 1.165) is 0 Å². The summed E-state index contributed by atoms with van der Waals surface area (Å²) in [5, 5.41) is 61.5. The van der Waals surface area contributed by atoms with Gasteiger partial charge in [0.25, 0.3) is 0 Å². The number of hydrogen-bond acceptors (Lipinski definition) is 8. The van der Waals surface area contributed by atoms with Crippen LogP contribution in [0.25, 0.3) is 0 Å². The molecule has 148 valence electrons. The Kier molecular flexibility index (Phi) is 9.22. The highest BCUT2D eigenvalue weighted by molar-refractivity contribution is 5.75. The zero-order chi connectivity index (χ0) is 19.1.